The van der Waals surface area contributed by atoms with Crippen LogP contribution in [0, 0.1) is 34.5 Å². The Morgan fingerprint density at radius 3 is 2.14 bits per heavy atom. The summed E-state index contributed by atoms with van der Waals surface area (Å²) < 4.78 is 74.5. The van der Waals surface area contributed by atoms with E-state index in [0.29, 0.717) is 31.6 Å². The molecule has 0 bridgehead atoms. The third-order valence-electron chi connectivity index (χ3n) is 9.82. The van der Waals surface area contributed by atoms with Gasteiger partial charge in [0.1, 0.15) is 12.2 Å². The van der Waals surface area contributed by atoms with Crippen molar-refractivity contribution >= 4 is 26.6 Å². The molecule has 4 saturated carbocycles. The van der Waals surface area contributed by atoms with E-state index in [-0.39, 0.29) is 88.7 Å². The third-order valence-corrected chi connectivity index (χ3v) is 10.7. The van der Waals surface area contributed by atoms with Gasteiger partial charge in [0.2, 0.25) is 20.8 Å². The smallest absolute Gasteiger partial charge is 0.726 e. The molecular weight excluding hydrogens is 522 g/mol. The first-order valence-electron chi connectivity index (χ1n) is 11.6. The summed E-state index contributed by atoms with van der Waals surface area (Å²) in [4.78, 5) is 12.8. The van der Waals surface area contributed by atoms with Crippen molar-refractivity contribution in [3.05, 3.63) is 0 Å². The molecule has 35 heavy (non-hydrogen) atoms. The standard InChI is InChI=1S/C21H34O10S2.2Na/c1-19-8-5-14(31-33(27,28)29)11-13(19)3-4-15-16(19)6-9-20(2)17(15)7-10-21(20,23)18(22)12-30-32(24,25)26;;/h13-17,23H,3-12H2,1-2H3,(H,24,25,26)(H,27,28,29);;/q;2*+1/p-2/t13-,14+,15+,16-,17-,19-,20-,21-;;/m0../s1. The van der Waals surface area contributed by atoms with E-state index in [2.05, 4.69) is 11.1 Å². The average Bonchev–Trinajstić information content (AvgIpc) is 2.97. The van der Waals surface area contributed by atoms with Gasteiger partial charge in [-0.1, -0.05) is 13.8 Å². The minimum absolute atomic E-state index is 0. The Morgan fingerprint density at radius 1 is 0.914 bits per heavy atom. The van der Waals surface area contributed by atoms with Crippen LogP contribution in [0.3, 0.4) is 0 Å². The van der Waals surface area contributed by atoms with E-state index in [1.807, 2.05) is 6.92 Å². The summed E-state index contributed by atoms with van der Waals surface area (Å²) in [5, 5.41) is 11.4. The van der Waals surface area contributed by atoms with Crippen LogP contribution in [-0.4, -0.2) is 55.1 Å². The van der Waals surface area contributed by atoms with Crippen LogP contribution in [0.1, 0.15) is 71.6 Å². The van der Waals surface area contributed by atoms with Crippen LogP contribution in [0.25, 0.3) is 0 Å². The van der Waals surface area contributed by atoms with Crippen LogP contribution in [0.5, 0.6) is 0 Å². The maximum atomic E-state index is 12.8. The van der Waals surface area contributed by atoms with Crippen LogP contribution in [0.4, 0.5) is 0 Å². The Labute approximate surface area is 252 Å². The molecule has 8 atom stereocenters. The molecule has 4 aliphatic carbocycles. The second kappa shape index (κ2) is 11.1. The van der Waals surface area contributed by atoms with Crippen LogP contribution < -0.4 is 59.1 Å². The summed E-state index contributed by atoms with van der Waals surface area (Å²) in [6, 6.07) is 0. The van der Waals surface area contributed by atoms with Crippen LogP contribution in [-0.2, 0) is 34.0 Å². The molecule has 4 fully saturated rings. The first-order chi connectivity index (χ1) is 15.1. The zero-order valence-corrected chi connectivity index (χ0v) is 26.5. The normalized spacial score (nSPS) is 43.1. The number of rotatable bonds is 6. The third kappa shape index (κ3) is 6.10. The predicted octanol–water partition coefficient (Wildman–Crippen LogP) is -4.34. The van der Waals surface area contributed by atoms with Gasteiger partial charge in [-0.25, -0.2) is 16.8 Å². The summed E-state index contributed by atoms with van der Waals surface area (Å²) >= 11 is 0. The van der Waals surface area contributed by atoms with Gasteiger partial charge in [-0.3, -0.25) is 13.2 Å². The molecule has 0 aromatic heterocycles. The summed E-state index contributed by atoms with van der Waals surface area (Å²) in [5.74, 6) is 0.164. The molecule has 10 nitrogen and oxygen atoms in total. The van der Waals surface area contributed by atoms with Crippen molar-refractivity contribution < 1.29 is 103 Å². The van der Waals surface area contributed by atoms with Crippen molar-refractivity contribution in [2.24, 2.45) is 34.5 Å². The van der Waals surface area contributed by atoms with E-state index in [9.17, 15) is 35.8 Å². The Kier molecular flexibility index (Phi) is 10.3. The van der Waals surface area contributed by atoms with Gasteiger partial charge < -0.3 is 14.2 Å². The summed E-state index contributed by atoms with van der Waals surface area (Å²) in [5.41, 5.74) is -2.51. The van der Waals surface area contributed by atoms with Gasteiger partial charge in [0, 0.05) is 5.41 Å². The fourth-order valence-corrected chi connectivity index (χ4v) is 8.95. The van der Waals surface area contributed by atoms with Gasteiger partial charge in [0.15, 0.2) is 5.78 Å². The topological polar surface area (TPSA) is 170 Å². The van der Waals surface area contributed by atoms with E-state index in [0.717, 1.165) is 25.7 Å². The fourth-order valence-electron chi connectivity index (χ4n) is 8.19. The first kappa shape index (κ1) is 32.6. The molecule has 190 valence electrons. The fraction of sp³-hybridized carbons (Fsp3) is 0.952. The minimum atomic E-state index is -5.03. The Hall–Kier alpha value is 1.37. The molecule has 0 amide bonds. The Morgan fingerprint density at radius 2 is 1.54 bits per heavy atom. The molecule has 0 aliphatic heterocycles. The molecule has 14 heteroatoms. The maximum Gasteiger partial charge on any atom is 1.00 e. The monoisotopic (exact) mass is 554 g/mol. The van der Waals surface area contributed by atoms with Crippen molar-refractivity contribution in [3.63, 3.8) is 0 Å². The maximum absolute atomic E-state index is 12.8. The van der Waals surface area contributed by atoms with Crippen molar-refractivity contribution in [2.45, 2.75) is 83.3 Å². The first-order valence-corrected chi connectivity index (χ1v) is 14.3. The average molecular weight is 555 g/mol. The molecule has 0 aromatic carbocycles. The quantitative estimate of drug-likeness (QED) is 0.192. The van der Waals surface area contributed by atoms with Crippen molar-refractivity contribution in [3.8, 4) is 0 Å². The van der Waals surface area contributed by atoms with Crippen LogP contribution in [0.15, 0.2) is 0 Å². The van der Waals surface area contributed by atoms with E-state index < -0.39 is 50.3 Å². The van der Waals surface area contributed by atoms with E-state index in [4.69, 9.17) is 4.18 Å². The van der Waals surface area contributed by atoms with Gasteiger partial charge in [0.05, 0.1) is 6.10 Å². The number of fused-ring (bicyclic) bond motifs is 5. The van der Waals surface area contributed by atoms with Gasteiger partial charge in [-0.15, -0.1) is 0 Å². The van der Waals surface area contributed by atoms with E-state index in [1.54, 1.807) is 0 Å². The van der Waals surface area contributed by atoms with Gasteiger partial charge >= 0.3 is 59.1 Å². The van der Waals surface area contributed by atoms with Gasteiger partial charge in [-0.05, 0) is 86.9 Å². The van der Waals surface area contributed by atoms with Gasteiger partial charge in [0.25, 0.3) is 0 Å². The van der Waals surface area contributed by atoms with Gasteiger partial charge in [-0.2, -0.15) is 0 Å². The van der Waals surface area contributed by atoms with Crippen LogP contribution >= 0.6 is 0 Å². The number of carbonyl (C=O) groups excluding carboxylic acids is 1. The van der Waals surface area contributed by atoms with Crippen molar-refractivity contribution in [2.75, 3.05) is 6.61 Å². The predicted molar refractivity (Wildman–Crippen MR) is 112 cm³/mol. The van der Waals surface area contributed by atoms with E-state index >= 15 is 0 Å². The molecule has 0 saturated heterocycles. The van der Waals surface area contributed by atoms with Crippen LogP contribution in [0.2, 0.25) is 0 Å². The summed E-state index contributed by atoms with van der Waals surface area (Å²) in [7, 11) is -9.77. The molecule has 0 unspecified atom stereocenters. The Bertz CT molecular complexity index is 1020. The minimum Gasteiger partial charge on any atom is -0.726 e. The number of ketones is 1. The summed E-state index contributed by atoms with van der Waals surface area (Å²) in [6.45, 7) is 3.17. The number of hydrogen-bond donors (Lipinski definition) is 1. The molecule has 0 heterocycles. The van der Waals surface area contributed by atoms with E-state index in [1.165, 1.54) is 0 Å². The molecule has 1 N–H and O–H groups in total. The molecule has 0 spiro atoms. The molecule has 4 rings (SSSR count). The molecule has 0 aromatic rings. The zero-order valence-electron chi connectivity index (χ0n) is 20.9. The second-order valence-electron chi connectivity index (χ2n) is 11.0. The number of hydrogen-bond acceptors (Lipinski definition) is 10. The largest absolute Gasteiger partial charge is 1.00 e. The Balaban J connectivity index is 0.00000216. The number of aliphatic hydroxyl groups is 1. The molecule has 0 radical (unpaired) electrons. The summed E-state index contributed by atoms with van der Waals surface area (Å²) in [6.07, 6.45) is 5.14. The molecular formula is C21H32Na2O10S2. The van der Waals surface area contributed by atoms with Crippen molar-refractivity contribution in [1.29, 1.82) is 0 Å². The zero-order chi connectivity index (χ0) is 24.4. The SMILES string of the molecule is C[C@]12CC[C@@H](OS(=O)(=O)[O-])C[C@@H]1CC[C@@H]1[C@@H]2CC[C@@]2(C)[C@H]1CC[C@]2(O)C(=O)COS(=O)(=O)[O-].[Na+].[Na+]. The van der Waals surface area contributed by atoms with Crippen molar-refractivity contribution in [1.82, 2.24) is 0 Å². The second-order valence-corrected chi connectivity index (χ2v) is 13.1. The number of Topliss-reactive ketones (excluding diaryl/α,β-unsaturated/α-hetero) is 1. The molecule has 4 aliphatic rings. The number of carbonyl (C=O) groups is 1.